The molecule has 1 aromatic carbocycles. The topological polar surface area (TPSA) is 92.8 Å². The number of aromatic nitrogens is 1. The van der Waals surface area contributed by atoms with Gasteiger partial charge >= 0.3 is 0 Å². The van der Waals surface area contributed by atoms with Gasteiger partial charge in [-0.25, -0.2) is 5.84 Å². The Balaban J connectivity index is 1.71. The maximum absolute atomic E-state index is 13.4. The fraction of sp³-hybridized carbons (Fsp3) is 0.448. The summed E-state index contributed by atoms with van der Waals surface area (Å²) >= 11 is 0. The van der Waals surface area contributed by atoms with Crippen LogP contribution in [0, 0.1) is 6.92 Å². The van der Waals surface area contributed by atoms with Gasteiger partial charge in [-0.2, -0.15) is 0 Å². The minimum absolute atomic E-state index is 0.0265. The van der Waals surface area contributed by atoms with Crippen molar-refractivity contribution in [1.29, 1.82) is 0 Å². The van der Waals surface area contributed by atoms with Crippen molar-refractivity contribution < 1.29 is 9.53 Å². The number of hydrazine groups is 1. The van der Waals surface area contributed by atoms with Crippen molar-refractivity contribution in [3.8, 4) is 0 Å². The van der Waals surface area contributed by atoms with Crippen molar-refractivity contribution in [2.45, 2.75) is 44.7 Å². The number of pyridine rings is 1. The fourth-order valence-corrected chi connectivity index (χ4v) is 5.24. The third kappa shape index (κ3) is 5.14. The van der Waals surface area contributed by atoms with Crippen LogP contribution >= 0.6 is 0 Å². The standard InChI is InChI=1S/C29H39N5O3/c1-7-22-26(34(30)21-10-13-37-14-11-21)24-16-23(19(2)15-25(24)33(6)28(22)36)27(35)31-18-20-9-8-12-29(3,17-20)32(4)5/h7-9,12,15-16,21H,1,10-11,13-14,17-18,30H2,2-6H3,(H,31,35). The van der Waals surface area contributed by atoms with Crippen LogP contribution in [0.5, 0.6) is 0 Å². The summed E-state index contributed by atoms with van der Waals surface area (Å²) in [5.41, 5.74) is 4.03. The third-order valence-electron chi connectivity index (χ3n) is 7.91. The number of rotatable bonds is 7. The summed E-state index contributed by atoms with van der Waals surface area (Å²) in [4.78, 5) is 28.8. The summed E-state index contributed by atoms with van der Waals surface area (Å²) in [7, 11) is 5.86. The summed E-state index contributed by atoms with van der Waals surface area (Å²) in [5, 5.41) is 5.54. The molecule has 37 heavy (non-hydrogen) atoms. The van der Waals surface area contributed by atoms with Crippen molar-refractivity contribution in [2.24, 2.45) is 12.9 Å². The molecular weight excluding hydrogens is 466 g/mol. The zero-order valence-corrected chi connectivity index (χ0v) is 22.6. The highest BCUT2D eigenvalue weighted by atomic mass is 16.5. The van der Waals surface area contributed by atoms with Gasteiger partial charge in [0.25, 0.3) is 11.5 Å². The van der Waals surface area contributed by atoms with Gasteiger partial charge in [0.15, 0.2) is 0 Å². The number of nitrogens with zero attached hydrogens (tertiary/aromatic N) is 3. The number of hydrogen-bond acceptors (Lipinski definition) is 6. The van der Waals surface area contributed by atoms with Crippen molar-refractivity contribution in [3.63, 3.8) is 0 Å². The highest BCUT2D eigenvalue weighted by Gasteiger charge is 2.28. The first-order valence-corrected chi connectivity index (χ1v) is 12.8. The van der Waals surface area contributed by atoms with Gasteiger partial charge in [-0.1, -0.05) is 30.9 Å². The molecule has 2 heterocycles. The number of allylic oxidation sites excluding steroid dienone is 2. The predicted molar refractivity (Wildman–Crippen MR) is 151 cm³/mol. The number of ether oxygens (including phenoxy) is 1. The number of hydrogen-bond donors (Lipinski definition) is 2. The molecule has 198 valence electrons. The van der Waals surface area contributed by atoms with Crippen molar-refractivity contribution in [1.82, 2.24) is 14.8 Å². The van der Waals surface area contributed by atoms with E-state index in [1.54, 1.807) is 22.7 Å². The molecule has 0 radical (unpaired) electrons. The quantitative estimate of drug-likeness (QED) is 0.443. The largest absolute Gasteiger partial charge is 0.381 e. The molecule has 3 N–H and O–H groups in total. The summed E-state index contributed by atoms with van der Waals surface area (Å²) in [6.07, 6.45) is 10.2. The van der Waals surface area contributed by atoms with E-state index in [9.17, 15) is 9.59 Å². The molecule has 1 unspecified atom stereocenters. The number of carbonyl (C=O) groups is 1. The number of aryl methyl sites for hydroxylation is 2. The minimum atomic E-state index is -0.169. The number of nitrogens with two attached hydrogens (primary N) is 1. The second-order valence-corrected chi connectivity index (χ2v) is 10.6. The molecule has 1 fully saturated rings. The van der Waals surface area contributed by atoms with Crippen LogP contribution in [0.15, 0.2) is 47.3 Å². The zero-order valence-electron chi connectivity index (χ0n) is 22.6. The van der Waals surface area contributed by atoms with E-state index in [2.05, 4.69) is 56.0 Å². The van der Waals surface area contributed by atoms with E-state index < -0.39 is 0 Å². The number of likely N-dealkylation sites (N-methyl/N-ethyl adjacent to an activating group) is 1. The molecular formula is C29H39N5O3. The molecule has 1 atom stereocenters. The molecule has 2 aromatic rings. The van der Waals surface area contributed by atoms with E-state index in [1.165, 1.54) is 0 Å². The fourth-order valence-electron chi connectivity index (χ4n) is 5.24. The van der Waals surface area contributed by atoms with Gasteiger partial charge < -0.3 is 24.5 Å². The molecule has 0 spiro atoms. The Hall–Kier alpha value is -3.20. The molecule has 1 saturated heterocycles. The lowest BCUT2D eigenvalue weighted by Gasteiger charge is -2.36. The van der Waals surface area contributed by atoms with Crippen LogP contribution in [0.4, 0.5) is 5.69 Å². The Morgan fingerprint density at radius 3 is 2.68 bits per heavy atom. The first kappa shape index (κ1) is 26.9. The molecule has 8 nitrogen and oxygen atoms in total. The van der Waals surface area contributed by atoms with Crippen LogP contribution in [-0.4, -0.2) is 60.8 Å². The lowest BCUT2D eigenvalue weighted by molar-refractivity contribution is 0.0844. The second-order valence-electron chi connectivity index (χ2n) is 10.6. The van der Waals surface area contributed by atoms with Gasteiger partial charge in [0.2, 0.25) is 0 Å². The van der Waals surface area contributed by atoms with Crippen LogP contribution in [0.3, 0.4) is 0 Å². The Morgan fingerprint density at radius 1 is 1.32 bits per heavy atom. The number of benzene rings is 1. The van der Waals surface area contributed by atoms with Crippen LogP contribution in [0.2, 0.25) is 0 Å². The van der Waals surface area contributed by atoms with Crippen molar-refractivity contribution >= 4 is 28.6 Å². The molecule has 8 heteroatoms. The first-order valence-electron chi connectivity index (χ1n) is 12.8. The average molecular weight is 506 g/mol. The number of nitrogens with one attached hydrogen (secondary N) is 1. The lowest BCUT2D eigenvalue weighted by Crippen LogP contribution is -2.45. The van der Waals surface area contributed by atoms with Crippen LogP contribution in [-0.2, 0) is 11.8 Å². The van der Waals surface area contributed by atoms with Crippen LogP contribution in [0.25, 0.3) is 17.0 Å². The monoisotopic (exact) mass is 505 g/mol. The number of anilines is 1. The Kier molecular flexibility index (Phi) is 7.73. The van der Waals surface area contributed by atoms with E-state index in [-0.39, 0.29) is 23.0 Å². The Morgan fingerprint density at radius 2 is 2.03 bits per heavy atom. The molecule has 1 aliphatic heterocycles. The van der Waals surface area contributed by atoms with Gasteiger partial charge in [0.05, 0.1) is 16.8 Å². The summed E-state index contributed by atoms with van der Waals surface area (Å²) in [6.45, 7) is 9.68. The number of carbonyl (C=O) groups excluding carboxylic acids is 1. The van der Waals surface area contributed by atoms with E-state index >= 15 is 0 Å². The summed E-state index contributed by atoms with van der Waals surface area (Å²) < 4.78 is 7.11. The zero-order chi connectivity index (χ0) is 26.9. The van der Waals surface area contributed by atoms with Gasteiger partial charge in [-0.05, 0) is 70.5 Å². The summed E-state index contributed by atoms with van der Waals surface area (Å²) in [6, 6.07) is 3.78. The molecule has 0 bridgehead atoms. The maximum atomic E-state index is 13.4. The van der Waals surface area contributed by atoms with E-state index in [0.717, 1.165) is 41.3 Å². The van der Waals surface area contributed by atoms with Gasteiger partial charge in [-0.15, -0.1) is 0 Å². The third-order valence-corrected chi connectivity index (χ3v) is 7.91. The Labute approximate surface area is 219 Å². The molecule has 4 rings (SSSR count). The minimum Gasteiger partial charge on any atom is -0.381 e. The van der Waals surface area contributed by atoms with E-state index in [4.69, 9.17) is 10.6 Å². The molecule has 1 amide bonds. The van der Waals surface area contributed by atoms with Crippen LogP contribution < -0.4 is 21.7 Å². The van der Waals surface area contributed by atoms with Crippen LogP contribution in [0.1, 0.15) is 47.7 Å². The SMILES string of the molecule is C=Cc1c(N(N)C2CCOCC2)c2cc(C(=O)NCC3=CC=CC(C)(N(C)C)C3)c(C)cc2n(C)c1=O. The van der Waals surface area contributed by atoms with Crippen molar-refractivity contribution in [3.05, 3.63) is 69.6 Å². The average Bonchev–Trinajstić information content (AvgIpc) is 2.89. The van der Waals surface area contributed by atoms with Gasteiger partial charge in [0.1, 0.15) is 0 Å². The van der Waals surface area contributed by atoms with Crippen molar-refractivity contribution in [2.75, 3.05) is 38.9 Å². The number of amides is 1. The van der Waals surface area contributed by atoms with Gasteiger partial charge in [-0.3, -0.25) is 9.59 Å². The summed E-state index contributed by atoms with van der Waals surface area (Å²) in [5.74, 6) is 6.51. The normalized spacial score (nSPS) is 20.2. The molecule has 1 aliphatic carbocycles. The predicted octanol–water partition coefficient (Wildman–Crippen LogP) is 3.29. The molecule has 2 aliphatic rings. The molecule has 1 aromatic heterocycles. The molecule has 0 saturated carbocycles. The van der Waals surface area contributed by atoms with Gasteiger partial charge in [0, 0.05) is 49.3 Å². The lowest BCUT2D eigenvalue weighted by atomic mass is 9.87. The van der Waals surface area contributed by atoms with E-state index in [0.29, 0.717) is 36.6 Å². The number of fused-ring (bicyclic) bond motifs is 1. The second kappa shape index (κ2) is 10.7. The highest BCUT2D eigenvalue weighted by molar-refractivity contribution is 6.04. The maximum Gasteiger partial charge on any atom is 0.260 e. The van der Waals surface area contributed by atoms with E-state index in [1.807, 2.05) is 19.1 Å². The Bertz CT molecular complexity index is 1330. The highest BCUT2D eigenvalue weighted by Crippen LogP contribution is 2.33. The smallest absolute Gasteiger partial charge is 0.260 e. The first-order chi connectivity index (χ1) is 17.6.